The normalized spacial score (nSPS) is 11.8. The highest BCUT2D eigenvalue weighted by Gasteiger charge is 2.25. The van der Waals surface area contributed by atoms with Crippen molar-refractivity contribution in [2.24, 2.45) is 0 Å². The van der Waals surface area contributed by atoms with Gasteiger partial charge in [0.15, 0.2) is 0 Å². The van der Waals surface area contributed by atoms with E-state index in [0.29, 0.717) is 5.56 Å². The Morgan fingerprint density at radius 2 is 1.83 bits per heavy atom. The van der Waals surface area contributed by atoms with E-state index in [4.69, 9.17) is 0 Å². The molecule has 0 aliphatic heterocycles. The first-order valence-electron chi connectivity index (χ1n) is 6.96. The van der Waals surface area contributed by atoms with Crippen molar-refractivity contribution in [2.75, 3.05) is 5.32 Å². The summed E-state index contributed by atoms with van der Waals surface area (Å²) in [6.07, 6.45) is 1.06. The average Bonchev–Trinajstić information content (AvgIpc) is 2.89. The van der Waals surface area contributed by atoms with E-state index < -0.39 is 21.8 Å². The second-order valence-corrected chi connectivity index (χ2v) is 5.26. The third-order valence-corrected chi connectivity index (χ3v) is 3.57. The van der Waals surface area contributed by atoms with E-state index in [1.54, 1.807) is 13.0 Å². The third kappa shape index (κ3) is 3.21. The molecule has 0 saturated heterocycles. The molecule has 0 fully saturated rings. The molecule has 0 radical (unpaired) electrons. The van der Waals surface area contributed by atoms with Crippen LogP contribution in [0, 0.1) is 34.1 Å². The molecule has 1 unspecified atom stereocenters. The molecule has 0 aliphatic rings. The van der Waals surface area contributed by atoms with E-state index in [9.17, 15) is 25.0 Å². The molecule has 10 heteroatoms. The molecule has 10 nitrogen and oxygen atoms in total. The molecule has 2 aromatic rings. The first kappa shape index (κ1) is 17.1. The van der Waals surface area contributed by atoms with Crippen LogP contribution in [0.2, 0.25) is 0 Å². The Labute approximate surface area is 136 Å². The minimum absolute atomic E-state index is 0.0572. The van der Waals surface area contributed by atoms with Crippen molar-refractivity contribution in [3.8, 4) is 0 Å². The fourth-order valence-corrected chi connectivity index (χ4v) is 2.23. The van der Waals surface area contributed by atoms with Gasteiger partial charge in [-0.15, -0.1) is 0 Å². The van der Waals surface area contributed by atoms with Crippen LogP contribution in [0.25, 0.3) is 0 Å². The first-order valence-corrected chi connectivity index (χ1v) is 6.96. The number of rotatable bonds is 5. The standard InChI is InChI=1S/C14H15N5O5/c1-8-4-5-11(12(6-8)18(21)22)16-14(20)10(3)17-9(2)13(7-15-17)19(23)24/h4-7,10H,1-3H3,(H,16,20). The number of hydrogen-bond acceptors (Lipinski definition) is 6. The molecule has 2 rings (SSSR count). The Bertz CT molecular complexity index is 829. The number of carbonyl (C=O) groups excluding carboxylic acids is 1. The Kier molecular flexibility index (Phi) is 4.58. The molecule has 0 saturated carbocycles. The zero-order valence-electron chi connectivity index (χ0n) is 13.2. The maximum absolute atomic E-state index is 12.3. The highest BCUT2D eigenvalue weighted by molar-refractivity contribution is 5.95. The van der Waals surface area contributed by atoms with Gasteiger partial charge in [-0.05, 0) is 32.4 Å². The lowest BCUT2D eigenvalue weighted by atomic mass is 10.2. The second-order valence-electron chi connectivity index (χ2n) is 5.26. The predicted octanol–water partition coefficient (Wildman–Crippen LogP) is 2.52. The smallest absolute Gasteiger partial charge is 0.309 e. The molecule has 126 valence electrons. The van der Waals surface area contributed by atoms with Crippen LogP contribution in [0.4, 0.5) is 17.1 Å². The lowest BCUT2D eigenvalue weighted by Gasteiger charge is -2.14. The maximum atomic E-state index is 12.3. The summed E-state index contributed by atoms with van der Waals surface area (Å²) < 4.78 is 1.20. The highest BCUT2D eigenvalue weighted by atomic mass is 16.6. The van der Waals surface area contributed by atoms with Crippen molar-refractivity contribution in [2.45, 2.75) is 26.8 Å². The molecule has 0 bridgehead atoms. The number of anilines is 1. The molecule has 1 amide bonds. The first-order chi connectivity index (χ1) is 11.2. The van der Waals surface area contributed by atoms with Gasteiger partial charge in [0.05, 0.1) is 9.85 Å². The third-order valence-electron chi connectivity index (χ3n) is 3.57. The molecule has 0 aliphatic carbocycles. The van der Waals surface area contributed by atoms with Gasteiger partial charge in [-0.2, -0.15) is 5.10 Å². The summed E-state index contributed by atoms with van der Waals surface area (Å²) in [4.78, 5) is 33.1. The van der Waals surface area contributed by atoms with Crippen LogP contribution in [-0.4, -0.2) is 25.5 Å². The van der Waals surface area contributed by atoms with Crippen molar-refractivity contribution in [1.29, 1.82) is 0 Å². The number of carbonyl (C=O) groups is 1. The number of nitro benzene ring substituents is 1. The molecule has 1 aromatic carbocycles. The monoisotopic (exact) mass is 333 g/mol. The van der Waals surface area contributed by atoms with E-state index in [0.717, 1.165) is 6.20 Å². The number of aryl methyl sites for hydroxylation is 1. The van der Waals surface area contributed by atoms with Crippen molar-refractivity contribution >= 4 is 23.0 Å². The number of nitro groups is 2. The number of hydrogen-bond donors (Lipinski definition) is 1. The van der Waals surface area contributed by atoms with Crippen LogP contribution in [0.3, 0.4) is 0 Å². The lowest BCUT2D eigenvalue weighted by molar-refractivity contribution is -0.385. The summed E-state index contributed by atoms with van der Waals surface area (Å²) in [5.41, 5.74) is 0.545. The molecule has 1 heterocycles. The van der Waals surface area contributed by atoms with Crippen LogP contribution in [0.5, 0.6) is 0 Å². The van der Waals surface area contributed by atoms with E-state index in [1.807, 2.05) is 0 Å². The number of nitrogens with one attached hydrogen (secondary N) is 1. The Morgan fingerprint density at radius 3 is 2.38 bits per heavy atom. The number of benzene rings is 1. The molecular weight excluding hydrogens is 318 g/mol. The van der Waals surface area contributed by atoms with Gasteiger partial charge in [-0.3, -0.25) is 29.7 Å². The van der Waals surface area contributed by atoms with E-state index >= 15 is 0 Å². The fraction of sp³-hybridized carbons (Fsp3) is 0.286. The van der Waals surface area contributed by atoms with E-state index in [2.05, 4.69) is 10.4 Å². The van der Waals surface area contributed by atoms with E-state index in [1.165, 1.54) is 30.7 Å². The van der Waals surface area contributed by atoms with Crippen molar-refractivity contribution in [3.63, 3.8) is 0 Å². The van der Waals surface area contributed by atoms with Crippen molar-refractivity contribution < 1.29 is 14.6 Å². The van der Waals surface area contributed by atoms with Gasteiger partial charge in [0.2, 0.25) is 5.91 Å². The Hall–Kier alpha value is -3.30. The predicted molar refractivity (Wildman–Crippen MR) is 84.8 cm³/mol. The molecule has 1 atom stereocenters. The van der Waals surface area contributed by atoms with Crippen molar-refractivity contribution in [1.82, 2.24) is 9.78 Å². The van der Waals surface area contributed by atoms with Gasteiger partial charge in [-0.25, -0.2) is 0 Å². The highest BCUT2D eigenvalue weighted by Crippen LogP contribution is 2.27. The molecular formula is C14H15N5O5. The van der Waals surface area contributed by atoms with Crippen LogP contribution in [0.1, 0.15) is 24.2 Å². The van der Waals surface area contributed by atoms with Gasteiger partial charge in [0.25, 0.3) is 5.69 Å². The zero-order chi connectivity index (χ0) is 18.0. The van der Waals surface area contributed by atoms with E-state index in [-0.39, 0.29) is 22.8 Å². The quantitative estimate of drug-likeness (QED) is 0.660. The SMILES string of the molecule is Cc1ccc(NC(=O)C(C)n2ncc([N+](=O)[O-])c2C)c([N+](=O)[O-])c1. The van der Waals surface area contributed by atoms with Crippen LogP contribution in [0.15, 0.2) is 24.4 Å². The molecule has 1 aromatic heterocycles. The number of amides is 1. The second kappa shape index (κ2) is 6.44. The summed E-state index contributed by atoms with van der Waals surface area (Å²) in [5, 5.41) is 28.3. The summed E-state index contributed by atoms with van der Waals surface area (Å²) >= 11 is 0. The summed E-state index contributed by atoms with van der Waals surface area (Å²) in [7, 11) is 0. The number of nitrogens with zero attached hydrogens (tertiary/aromatic N) is 4. The van der Waals surface area contributed by atoms with Crippen LogP contribution >= 0.6 is 0 Å². The summed E-state index contributed by atoms with van der Waals surface area (Å²) in [6, 6.07) is 3.55. The van der Waals surface area contributed by atoms with Crippen molar-refractivity contribution in [3.05, 3.63) is 55.9 Å². The van der Waals surface area contributed by atoms with Gasteiger partial charge in [0, 0.05) is 6.07 Å². The molecule has 0 spiro atoms. The largest absolute Gasteiger partial charge is 0.319 e. The number of aromatic nitrogens is 2. The zero-order valence-corrected chi connectivity index (χ0v) is 13.2. The van der Waals surface area contributed by atoms with Gasteiger partial charge >= 0.3 is 5.69 Å². The minimum atomic E-state index is -0.875. The average molecular weight is 333 g/mol. The summed E-state index contributed by atoms with van der Waals surface area (Å²) in [5.74, 6) is -0.567. The maximum Gasteiger partial charge on any atom is 0.309 e. The fourth-order valence-electron chi connectivity index (χ4n) is 2.23. The van der Waals surface area contributed by atoms with Gasteiger partial charge < -0.3 is 5.32 Å². The Morgan fingerprint density at radius 1 is 1.21 bits per heavy atom. The Balaban J connectivity index is 2.27. The molecule has 1 N–H and O–H groups in total. The molecule has 24 heavy (non-hydrogen) atoms. The topological polar surface area (TPSA) is 133 Å². The van der Waals surface area contributed by atoms with Gasteiger partial charge in [-0.1, -0.05) is 6.07 Å². The lowest BCUT2D eigenvalue weighted by Crippen LogP contribution is -2.25. The van der Waals surface area contributed by atoms with Crippen LogP contribution in [-0.2, 0) is 4.79 Å². The summed E-state index contributed by atoms with van der Waals surface area (Å²) in [6.45, 7) is 4.68. The van der Waals surface area contributed by atoms with Crippen LogP contribution < -0.4 is 5.32 Å². The van der Waals surface area contributed by atoms with Gasteiger partial charge in [0.1, 0.15) is 23.6 Å². The minimum Gasteiger partial charge on any atom is -0.319 e.